The number of carbonyl (C=O) groups is 1. The van der Waals surface area contributed by atoms with Crippen molar-refractivity contribution in [3.05, 3.63) is 38.4 Å². The fraction of sp³-hybridized carbons (Fsp3) is 0.533. The highest BCUT2D eigenvalue weighted by Gasteiger charge is 2.38. The van der Waals surface area contributed by atoms with Gasteiger partial charge in [-0.3, -0.25) is 25.1 Å². The van der Waals surface area contributed by atoms with Crippen LogP contribution in [0.2, 0.25) is 0 Å². The van der Waals surface area contributed by atoms with Crippen molar-refractivity contribution in [2.24, 2.45) is 0 Å². The average molecular weight is 337 g/mol. The van der Waals surface area contributed by atoms with Crippen LogP contribution in [-0.2, 0) is 4.74 Å². The number of para-hydroxylation sites is 1. The first-order chi connectivity index (χ1) is 11.5. The minimum atomic E-state index is -0.790. The van der Waals surface area contributed by atoms with E-state index >= 15 is 0 Å². The molecular weight excluding hydrogens is 318 g/mol. The summed E-state index contributed by atoms with van der Waals surface area (Å²) in [6, 6.07) is 3.22. The summed E-state index contributed by atoms with van der Waals surface area (Å²) in [4.78, 5) is 34.9. The summed E-state index contributed by atoms with van der Waals surface area (Å²) in [5.74, 6) is 0. The van der Waals surface area contributed by atoms with Gasteiger partial charge >= 0.3 is 6.09 Å². The van der Waals surface area contributed by atoms with E-state index in [9.17, 15) is 25.0 Å². The molecule has 0 heterocycles. The molecule has 0 spiro atoms. The van der Waals surface area contributed by atoms with Crippen LogP contribution in [0.25, 0.3) is 0 Å². The van der Waals surface area contributed by atoms with Crippen LogP contribution in [0, 0.1) is 20.2 Å². The number of anilines is 1. The number of nitrogens with zero attached hydrogens (tertiary/aromatic N) is 3. The molecule has 0 atom stereocenters. The lowest BCUT2D eigenvalue weighted by Crippen LogP contribution is -2.42. The molecular formula is C15H19N3O6. The number of nitro benzene ring substituents is 2. The van der Waals surface area contributed by atoms with E-state index in [0.29, 0.717) is 12.8 Å². The fourth-order valence-electron chi connectivity index (χ4n) is 3.02. The van der Waals surface area contributed by atoms with Crippen LogP contribution in [0.5, 0.6) is 0 Å². The first-order valence-corrected chi connectivity index (χ1v) is 7.85. The lowest BCUT2D eigenvalue weighted by molar-refractivity contribution is -0.392. The molecule has 1 aliphatic carbocycles. The summed E-state index contributed by atoms with van der Waals surface area (Å²) in [6.45, 7) is 1.70. The van der Waals surface area contributed by atoms with E-state index in [1.165, 1.54) is 6.07 Å². The molecule has 1 fully saturated rings. The predicted octanol–water partition coefficient (Wildman–Crippen LogP) is 3.80. The summed E-state index contributed by atoms with van der Waals surface area (Å²) in [5, 5.41) is 22.7. The van der Waals surface area contributed by atoms with Gasteiger partial charge in [0.15, 0.2) is 0 Å². The van der Waals surface area contributed by atoms with E-state index in [1.54, 1.807) is 6.92 Å². The van der Waals surface area contributed by atoms with Gasteiger partial charge < -0.3 is 4.74 Å². The van der Waals surface area contributed by atoms with Gasteiger partial charge in [0.1, 0.15) is 0 Å². The number of ether oxygens (including phenoxy) is 1. The molecule has 2 rings (SSSR count). The highest BCUT2D eigenvalue weighted by atomic mass is 16.6. The Morgan fingerprint density at radius 1 is 1.17 bits per heavy atom. The lowest BCUT2D eigenvalue weighted by Gasteiger charge is -2.32. The lowest BCUT2D eigenvalue weighted by atomic mass is 9.93. The molecule has 1 saturated carbocycles. The van der Waals surface area contributed by atoms with Crippen LogP contribution in [0.3, 0.4) is 0 Å². The van der Waals surface area contributed by atoms with Crippen molar-refractivity contribution < 1.29 is 19.4 Å². The van der Waals surface area contributed by atoms with Crippen molar-refractivity contribution in [2.45, 2.75) is 45.1 Å². The first-order valence-electron chi connectivity index (χ1n) is 7.85. The van der Waals surface area contributed by atoms with E-state index in [2.05, 4.69) is 0 Å². The zero-order valence-electron chi connectivity index (χ0n) is 13.3. The van der Waals surface area contributed by atoms with E-state index < -0.39 is 27.3 Å². The van der Waals surface area contributed by atoms with Crippen LogP contribution >= 0.6 is 0 Å². The smallest absolute Gasteiger partial charge is 0.414 e. The van der Waals surface area contributed by atoms with Crippen molar-refractivity contribution in [1.82, 2.24) is 0 Å². The summed E-state index contributed by atoms with van der Waals surface area (Å²) < 4.78 is 5.02. The molecule has 0 aliphatic heterocycles. The molecule has 0 N–H and O–H groups in total. The van der Waals surface area contributed by atoms with Crippen LogP contribution in [0.4, 0.5) is 21.9 Å². The number of carbonyl (C=O) groups excluding carboxylic acids is 1. The maximum Gasteiger partial charge on any atom is 0.414 e. The second-order valence-electron chi connectivity index (χ2n) is 5.52. The zero-order chi connectivity index (χ0) is 17.7. The van der Waals surface area contributed by atoms with Gasteiger partial charge in [-0.2, -0.15) is 0 Å². The Balaban J connectivity index is 2.61. The van der Waals surface area contributed by atoms with Crippen LogP contribution in [0.15, 0.2) is 18.2 Å². The molecule has 1 aromatic carbocycles. The second kappa shape index (κ2) is 7.71. The van der Waals surface area contributed by atoms with Crippen molar-refractivity contribution in [1.29, 1.82) is 0 Å². The summed E-state index contributed by atoms with van der Waals surface area (Å²) in [6.07, 6.45) is 3.18. The molecule has 0 radical (unpaired) electrons. The quantitative estimate of drug-likeness (QED) is 0.596. The van der Waals surface area contributed by atoms with Crippen molar-refractivity contribution in [3.63, 3.8) is 0 Å². The molecule has 9 nitrogen and oxygen atoms in total. The van der Waals surface area contributed by atoms with Gasteiger partial charge in [0.25, 0.3) is 11.4 Å². The monoisotopic (exact) mass is 337 g/mol. The Kier molecular flexibility index (Phi) is 5.67. The molecule has 0 unspecified atom stereocenters. The van der Waals surface area contributed by atoms with E-state index in [1.807, 2.05) is 0 Å². The van der Waals surface area contributed by atoms with Gasteiger partial charge in [0.2, 0.25) is 5.69 Å². The summed E-state index contributed by atoms with van der Waals surface area (Å²) >= 11 is 0. The van der Waals surface area contributed by atoms with Gasteiger partial charge in [-0.25, -0.2) is 4.79 Å². The predicted molar refractivity (Wildman–Crippen MR) is 86.1 cm³/mol. The van der Waals surface area contributed by atoms with Gasteiger partial charge in [0.05, 0.1) is 16.5 Å². The Morgan fingerprint density at radius 2 is 1.71 bits per heavy atom. The second-order valence-corrected chi connectivity index (χ2v) is 5.52. The Morgan fingerprint density at radius 3 is 2.17 bits per heavy atom. The Labute approximate surface area is 138 Å². The molecule has 9 heteroatoms. The summed E-state index contributed by atoms with van der Waals surface area (Å²) in [5.41, 5.74) is -1.23. The molecule has 1 amide bonds. The van der Waals surface area contributed by atoms with Crippen molar-refractivity contribution in [3.8, 4) is 0 Å². The van der Waals surface area contributed by atoms with Gasteiger partial charge in [-0.05, 0) is 25.8 Å². The molecule has 0 bridgehead atoms. The van der Waals surface area contributed by atoms with E-state index in [4.69, 9.17) is 4.74 Å². The highest BCUT2D eigenvalue weighted by Crippen LogP contribution is 2.40. The van der Waals surface area contributed by atoms with Gasteiger partial charge in [-0.15, -0.1) is 0 Å². The van der Waals surface area contributed by atoms with Crippen LogP contribution in [-0.4, -0.2) is 28.6 Å². The number of hydrogen-bond acceptors (Lipinski definition) is 6. The fourth-order valence-corrected chi connectivity index (χ4v) is 3.02. The minimum absolute atomic E-state index is 0.0798. The number of hydrogen-bond donors (Lipinski definition) is 0. The zero-order valence-corrected chi connectivity index (χ0v) is 13.3. The third kappa shape index (κ3) is 3.61. The molecule has 1 aliphatic rings. The van der Waals surface area contributed by atoms with Crippen molar-refractivity contribution >= 4 is 23.2 Å². The van der Waals surface area contributed by atoms with Crippen LogP contribution < -0.4 is 4.90 Å². The standard InChI is InChI=1S/C15H19N3O6/c1-2-24-15(19)16(11-7-4-3-5-8-11)14-12(17(20)21)9-6-10-13(14)18(22)23/h6,9-11H,2-5,7-8H2,1H3. The normalized spacial score (nSPS) is 14.9. The topological polar surface area (TPSA) is 116 Å². The third-order valence-electron chi connectivity index (χ3n) is 4.03. The number of rotatable bonds is 5. The van der Waals surface area contributed by atoms with E-state index in [-0.39, 0.29) is 18.3 Å². The molecule has 24 heavy (non-hydrogen) atoms. The number of amides is 1. The van der Waals surface area contributed by atoms with Gasteiger partial charge in [-0.1, -0.05) is 19.3 Å². The maximum atomic E-state index is 12.5. The average Bonchev–Trinajstić information content (AvgIpc) is 2.56. The van der Waals surface area contributed by atoms with E-state index in [0.717, 1.165) is 36.3 Å². The van der Waals surface area contributed by atoms with Crippen molar-refractivity contribution in [2.75, 3.05) is 11.5 Å². The molecule has 0 aromatic heterocycles. The maximum absolute atomic E-state index is 12.5. The summed E-state index contributed by atoms with van der Waals surface area (Å²) in [7, 11) is 0. The third-order valence-corrected chi connectivity index (χ3v) is 4.03. The number of benzene rings is 1. The largest absolute Gasteiger partial charge is 0.449 e. The van der Waals surface area contributed by atoms with Gasteiger partial charge in [0, 0.05) is 18.2 Å². The number of nitro groups is 2. The molecule has 0 saturated heterocycles. The Hall–Kier alpha value is -2.71. The highest BCUT2D eigenvalue weighted by molar-refractivity contribution is 5.95. The van der Waals surface area contributed by atoms with Crippen LogP contribution in [0.1, 0.15) is 39.0 Å². The molecule has 1 aromatic rings. The first kappa shape index (κ1) is 17.6. The SMILES string of the molecule is CCOC(=O)N(c1c([N+](=O)[O-])cccc1[N+](=O)[O-])C1CCCCC1. The molecule has 130 valence electrons. The Bertz CT molecular complexity index is 610. The minimum Gasteiger partial charge on any atom is -0.449 e.